The molecule has 7 heteroatoms. The first-order chi connectivity index (χ1) is 7.58. The average Bonchev–Trinajstić information content (AvgIpc) is 2.22. The molecule has 0 aliphatic rings. The van der Waals surface area contributed by atoms with Crippen LogP contribution < -0.4 is 11.3 Å². The van der Waals surface area contributed by atoms with E-state index in [9.17, 15) is 9.59 Å². The van der Waals surface area contributed by atoms with Crippen LogP contribution in [0.2, 0.25) is 0 Å². The van der Waals surface area contributed by atoms with E-state index in [1.54, 1.807) is 0 Å². The molecule has 0 saturated carbocycles. The molecule has 0 aliphatic heterocycles. The van der Waals surface area contributed by atoms with Gasteiger partial charge in [0.2, 0.25) is 5.78 Å². The summed E-state index contributed by atoms with van der Waals surface area (Å²) in [6.45, 7) is 0. The molecule has 0 fully saturated rings. The Hall–Kier alpha value is -2.44. The molecule has 7 nitrogen and oxygen atoms in total. The number of hydrogen-bond donors (Lipinski definition) is 2. The number of aliphatic carboxylic acids is 1. The lowest BCUT2D eigenvalue weighted by molar-refractivity contribution is -0.136. The van der Waals surface area contributed by atoms with Gasteiger partial charge in [-0.15, -0.1) is 0 Å². The number of carbonyl (C=O) groups is 1. The van der Waals surface area contributed by atoms with Gasteiger partial charge in [0.25, 0.3) is 5.56 Å². The van der Waals surface area contributed by atoms with Crippen molar-refractivity contribution in [1.82, 2.24) is 14.4 Å². The number of fused-ring (bicyclic) bond motifs is 1. The molecule has 0 amide bonds. The minimum absolute atomic E-state index is 0.0948. The molecule has 0 radical (unpaired) electrons. The van der Waals surface area contributed by atoms with E-state index in [4.69, 9.17) is 10.8 Å². The van der Waals surface area contributed by atoms with Gasteiger partial charge >= 0.3 is 5.97 Å². The monoisotopic (exact) mass is 220 g/mol. The van der Waals surface area contributed by atoms with Crippen LogP contribution in [0.4, 0.5) is 5.69 Å². The van der Waals surface area contributed by atoms with E-state index in [1.807, 2.05) is 0 Å². The van der Waals surface area contributed by atoms with Crippen LogP contribution in [-0.4, -0.2) is 25.4 Å². The number of carboxylic acids is 1. The van der Waals surface area contributed by atoms with Crippen LogP contribution in [0.3, 0.4) is 0 Å². The lowest BCUT2D eigenvalue weighted by atomic mass is 10.2. The van der Waals surface area contributed by atoms with E-state index in [-0.39, 0.29) is 17.8 Å². The second kappa shape index (κ2) is 3.61. The van der Waals surface area contributed by atoms with Crippen LogP contribution in [0.5, 0.6) is 0 Å². The minimum atomic E-state index is -1.09. The van der Waals surface area contributed by atoms with Gasteiger partial charge in [-0.2, -0.15) is 0 Å². The van der Waals surface area contributed by atoms with Crippen LogP contribution >= 0.6 is 0 Å². The van der Waals surface area contributed by atoms with Gasteiger partial charge in [-0.25, -0.2) is 14.4 Å². The van der Waals surface area contributed by atoms with Crippen molar-refractivity contribution in [3.63, 3.8) is 0 Å². The van der Waals surface area contributed by atoms with Gasteiger partial charge < -0.3 is 10.8 Å². The fourth-order valence-electron chi connectivity index (χ4n) is 1.31. The van der Waals surface area contributed by atoms with Gasteiger partial charge in [0, 0.05) is 18.0 Å². The summed E-state index contributed by atoms with van der Waals surface area (Å²) in [6.07, 6.45) is 3.58. The average molecular weight is 220 g/mol. The Labute approximate surface area is 89.2 Å². The molecule has 0 aromatic carbocycles. The Morgan fingerprint density at radius 2 is 2.12 bits per heavy atom. The number of anilines is 1. The summed E-state index contributed by atoms with van der Waals surface area (Å²) in [6, 6.07) is 0. The Morgan fingerprint density at radius 1 is 1.44 bits per heavy atom. The first-order valence-corrected chi connectivity index (χ1v) is 4.41. The molecule has 2 aromatic heterocycles. The van der Waals surface area contributed by atoms with Crippen molar-refractivity contribution in [2.24, 2.45) is 0 Å². The molecule has 82 valence electrons. The van der Waals surface area contributed by atoms with Crippen molar-refractivity contribution >= 4 is 17.4 Å². The second-order valence-electron chi connectivity index (χ2n) is 3.22. The summed E-state index contributed by atoms with van der Waals surface area (Å²) in [5.41, 5.74) is 5.42. The highest BCUT2D eigenvalue weighted by atomic mass is 16.4. The van der Waals surface area contributed by atoms with Crippen molar-refractivity contribution in [1.29, 1.82) is 0 Å². The van der Waals surface area contributed by atoms with Gasteiger partial charge in [-0.3, -0.25) is 9.59 Å². The SMILES string of the molecule is Nc1cnc2ncc(CC(=O)O)c(=O)n2c1. The normalized spacial score (nSPS) is 10.5. The van der Waals surface area contributed by atoms with Crippen molar-refractivity contribution < 1.29 is 9.90 Å². The van der Waals surface area contributed by atoms with Gasteiger partial charge in [-0.1, -0.05) is 0 Å². The predicted octanol–water partition coefficient (Wildman–Crippen LogP) is -0.701. The number of nitrogens with zero attached hydrogens (tertiary/aromatic N) is 3. The highest BCUT2D eigenvalue weighted by molar-refractivity contribution is 5.69. The van der Waals surface area contributed by atoms with Crippen LogP contribution in [0.1, 0.15) is 5.56 Å². The molecule has 3 N–H and O–H groups in total. The summed E-state index contributed by atoms with van der Waals surface area (Å²) in [5, 5.41) is 8.60. The lowest BCUT2D eigenvalue weighted by Gasteiger charge is -2.02. The molecular weight excluding hydrogens is 212 g/mol. The first-order valence-electron chi connectivity index (χ1n) is 4.41. The highest BCUT2D eigenvalue weighted by Crippen LogP contribution is 2.00. The first kappa shape index (κ1) is 10.1. The Balaban J connectivity index is 2.68. The van der Waals surface area contributed by atoms with Gasteiger partial charge in [0.05, 0.1) is 18.3 Å². The fraction of sp³-hybridized carbons (Fsp3) is 0.111. The van der Waals surface area contributed by atoms with Crippen LogP contribution in [0, 0.1) is 0 Å². The second-order valence-corrected chi connectivity index (χ2v) is 3.22. The van der Waals surface area contributed by atoms with Crippen LogP contribution in [0.15, 0.2) is 23.4 Å². The minimum Gasteiger partial charge on any atom is -0.481 e. The van der Waals surface area contributed by atoms with Crippen LogP contribution in [0.25, 0.3) is 5.78 Å². The molecule has 0 spiro atoms. The third-order valence-electron chi connectivity index (χ3n) is 1.99. The van der Waals surface area contributed by atoms with E-state index in [2.05, 4.69) is 9.97 Å². The number of hydrogen-bond acceptors (Lipinski definition) is 5. The summed E-state index contributed by atoms with van der Waals surface area (Å²) < 4.78 is 1.13. The number of aromatic nitrogens is 3. The zero-order valence-electron chi connectivity index (χ0n) is 8.12. The van der Waals surface area contributed by atoms with E-state index in [0.29, 0.717) is 5.69 Å². The number of rotatable bonds is 2. The smallest absolute Gasteiger partial charge is 0.308 e. The predicted molar refractivity (Wildman–Crippen MR) is 55.0 cm³/mol. The van der Waals surface area contributed by atoms with E-state index >= 15 is 0 Å². The molecule has 2 rings (SSSR count). The maximum Gasteiger partial charge on any atom is 0.308 e. The largest absolute Gasteiger partial charge is 0.481 e. The molecule has 16 heavy (non-hydrogen) atoms. The molecule has 2 aromatic rings. The number of carboxylic acid groups (broad SMARTS) is 1. The maximum atomic E-state index is 11.8. The molecule has 0 unspecified atom stereocenters. The van der Waals surface area contributed by atoms with Gasteiger partial charge in [-0.05, 0) is 0 Å². The van der Waals surface area contributed by atoms with Crippen molar-refractivity contribution in [2.45, 2.75) is 6.42 Å². The van der Waals surface area contributed by atoms with E-state index in [1.165, 1.54) is 18.6 Å². The third-order valence-corrected chi connectivity index (χ3v) is 1.99. The zero-order valence-corrected chi connectivity index (χ0v) is 8.12. The molecule has 2 heterocycles. The quantitative estimate of drug-likeness (QED) is 0.692. The van der Waals surface area contributed by atoms with Gasteiger partial charge in [0.15, 0.2) is 0 Å². The number of nitrogen functional groups attached to an aromatic ring is 1. The van der Waals surface area contributed by atoms with Crippen LogP contribution in [-0.2, 0) is 11.2 Å². The topological polar surface area (TPSA) is 111 Å². The summed E-state index contributed by atoms with van der Waals surface area (Å²) in [7, 11) is 0. The zero-order chi connectivity index (χ0) is 11.7. The molecule has 0 atom stereocenters. The molecular formula is C9H8N4O3. The van der Waals surface area contributed by atoms with Crippen molar-refractivity contribution in [3.8, 4) is 0 Å². The van der Waals surface area contributed by atoms with E-state index in [0.717, 1.165) is 4.40 Å². The molecule has 0 saturated heterocycles. The Morgan fingerprint density at radius 3 is 2.81 bits per heavy atom. The van der Waals surface area contributed by atoms with Crippen molar-refractivity contribution in [2.75, 3.05) is 5.73 Å². The Bertz CT molecular complexity index is 620. The van der Waals surface area contributed by atoms with Gasteiger partial charge in [0.1, 0.15) is 0 Å². The molecule has 0 aliphatic carbocycles. The summed E-state index contributed by atoms with van der Waals surface area (Å²) in [4.78, 5) is 30.0. The fourth-order valence-corrected chi connectivity index (χ4v) is 1.31. The highest BCUT2D eigenvalue weighted by Gasteiger charge is 2.09. The van der Waals surface area contributed by atoms with E-state index < -0.39 is 11.5 Å². The Kier molecular flexibility index (Phi) is 2.28. The summed E-state index contributed by atoms with van der Waals surface area (Å²) in [5.74, 6) is -0.899. The number of nitrogens with two attached hydrogens (primary N) is 1. The maximum absolute atomic E-state index is 11.8. The standard InChI is InChI=1S/C9H8N4O3/c10-6-3-12-9-11-2-5(1-7(14)15)8(16)13(9)4-6/h2-4H,1,10H2,(H,14,15). The lowest BCUT2D eigenvalue weighted by Crippen LogP contribution is -2.22. The summed E-state index contributed by atoms with van der Waals surface area (Å²) >= 11 is 0. The molecule has 0 bridgehead atoms. The third kappa shape index (κ3) is 1.70. The van der Waals surface area contributed by atoms with Crippen molar-refractivity contribution in [3.05, 3.63) is 34.5 Å².